The first kappa shape index (κ1) is 8.78. The predicted molar refractivity (Wildman–Crippen MR) is 53.5 cm³/mol. The number of aromatic nitrogens is 1. The van der Waals surface area contributed by atoms with Crippen LogP contribution in [-0.4, -0.2) is 11.0 Å². The summed E-state index contributed by atoms with van der Waals surface area (Å²) in [4.78, 5) is 3.98. The van der Waals surface area contributed by atoms with E-state index in [9.17, 15) is 0 Å². The summed E-state index contributed by atoms with van der Waals surface area (Å²) in [6.45, 7) is 0.831. The Morgan fingerprint density at radius 1 is 1.62 bits per heavy atom. The second kappa shape index (κ2) is 3.52. The van der Waals surface area contributed by atoms with Crippen molar-refractivity contribution in [2.24, 2.45) is 0 Å². The van der Waals surface area contributed by atoms with Crippen LogP contribution in [0.3, 0.4) is 0 Å². The largest absolute Gasteiger partial charge is 0.382 e. The number of hydrogen-bond acceptors (Lipinski definition) is 3. The minimum Gasteiger partial charge on any atom is -0.382 e. The number of rotatable bonds is 3. The molecule has 1 heterocycles. The van der Waals surface area contributed by atoms with Gasteiger partial charge in [-0.25, -0.2) is 4.98 Å². The molecular weight excluding hydrogens is 186 g/mol. The number of nitrogens with zero attached hydrogens (tertiary/aromatic N) is 1. The normalized spacial score (nSPS) is 16.1. The zero-order valence-corrected chi connectivity index (χ0v) is 8.01. The molecule has 2 rings (SSSR count). The highest BCUT2D eigenvalue weighted by atomic mass is 35.5. The minimum atomic E-state index is 0.400. The van der Waals surface area contributed by atoms with Gasteiger partial charge in [0.15, 0.2) is 0 Å². The van der Waals surface area contributed by atoms with E-state index >= 15 is 0 Å². The fourth-order valence-corrected chi connectivity index (χ4v) is 1.32. The number of hydrogen-bond donors (Lipinski definition) is 2. The molecule has 0 radical (unpaired) electrons. The molecule has 4 heteroatoms. The van der Waals surface area contributed by atoms with Crippen LogP contribution >= 0.6 is 11.6 Å². The molecule has 0 aromatic carbocycles. The van der Waals surface area contributed by atoms with Gasteiger partial charge >= 0.3 is 0 Å². The van der Waals surface area contributed by atoms with Crippen molar-refractivity contribution in [2.75, 3.05) is 5.73 Å². The average Bonchev–Trinajstić information content (AvgIpc) is 2.91. The average molecular weight is 198 g/mol. The van der Waals surface area contributed by atoms with Gasteiger partial charge in [0, 0.05) is 18.8 Å². The molecule has 0 saturated heterocycles. The van der Waals surface area contributed by atoms with Crippen molar-refractivity contribution in [1.82, 2.24) is 10.3 Å². The second-order valence-corrected chi connectivity index (χ2v) is 3.77. The zero-order valence-electron chi connectivity index (χ0n) is 7.26. The predicted octanol–water partition coefficient (Wildman–Crippen LogP) is 1.57. The summed E-state index contributed by atoms with van der Waals surface area (Å²) >= 11 is 5.83. The SMILES string of the molecule is Nc1ncc(CNC2CC2)cc1Cl. The van der Waals surface area contributed by atoms with E-state index in [4.69, 9.17) is 17.3 Å². The quantitative estimate of drug-likeness (QED) is 0.774. The molecule has 3 N–H and O–H groups in total. The molecule has 1 aliphatic carbocycles. The third kappa shape index (κ3) is 2.32. The van der Waals surface area contributed by atoms with Crippen LogP contribution in [0.4, 0.5) is 5.82 Å². The third-order valence-corrected chi connectivity index (χ3v) is 2.40. The van der Waals surface area contributed by atoms with Crippen molar-refractivity contribution in [2.45, 2.75) is 25.4 Å². The zero-order chi connectivity index (χ0) is 9.26. The van der Waals surface area contributed by atoms with E-state index < -0.39 is 0 Å². The monoisotopic (exact) mass is 197 g/mol. The fourth-order valence-electron chi connectivity index (χ4n) is 1.13. The summed E-state index contributed by atoms with van der Waals surface area (Å²) in [5.41, 5.74) is 6.58. The Balaban J connectivity index is 1.98. The molecule has 70 valence electrons. The van der Waals surface area contributed by atoms with Gasteiger partial charge in [0.25, 0.3) is 0 Å². The second-order valence-electron chi connectivity index (χ2n) is 3.37. The van der Waals surface area contributed by atoms with Gasteiger partial charge in [0.2, 0.25) is 0 Å². The first-order valence-corrected chi connectivity index (χ1v) is 4.77. The summed E-state index contributed by atoms with van der Waals surface area (Å²) in [6, 6.07) is 2.57. The number of pyridine rings is 1. The Kier molecular flexibility index (Phi) is 2.38. The van der Waals surface area contributed by atoms with Gasteiger partial charge in [-0.05, 0) is 24.5 Å². The van der Waals surface area contributed by atoms with Crippen molar-refractivity contribution in [3.63, 3.8) is 0 Å². The molecular formula is C9H12ClN3. The molecule has 1 aromatic heterocycles. The lowest BCUT2D eigenvalue weighted by Crippen LogP contribution is -2.15. The molecule has 0 bridgehead atoms. The number of nitrogen functional groups attached to an aromatic ring is 1. The maximum Gasteiger partial charge on any atom is 0.142 e. The lowest BCUT2D eigenvalue weighted by Gasteiger charge is -2.03. The van der Waals surface area contributed by atoms with Crippen LogP contribution in [0.25, 0.3) is 0 Å². The van der Waals surface area contributed by atoms with Crippen LogP contribution in [0.15, 0.2) is 12.3 Å². The number of nitrogens with two attached hydrogens (primary N) is 1. The molecule has 13 heavy (non-hydrogen) atoms. The van der Waals surface area contributed by atoms with Crippen LogP contribution in [0, 0.1) is 0 Å². The van der Waals surface area contributed by atoms with E-state index in [1.165, 1.54) is 12.8 Å². The molecule has 0 atom stereocenters. The molecule has 0 spiro atoms. The van der Waals surface area contributed by atoms with E-state index in [-0.39, 0.29) is 0 Å². The number of nitrogens with one attached hydrogen (secondary N) is 1. The van der Waals surface area contributed by atoms with Crippen LogP contribution in [-0.2, 0) is 6.54 Å². The highest BCUT2D eigenvalue weighted by molar-refractivity contribution is 6.32. The van der Waals surface area contributed by atoms with Crippen molar-refractivity contribution in [3.05, 3.63) is 22.8 Å². The van der Waals surface area contributed by atoms with Gasteiger partial charge in [0.1, 0.15) is 5.82 Å². The molecule has 1 aromatic rings. The van der Waals surface area contributed by atoms with Gasteiger partial charge in [0.05, 0.1) is 5.02 Å². The molecule has 1 fully saturated rings. The first-order chi connectivity index (χ1) is 6.25. The summed E-state index contributed by atoms with van der Waals surface area (Å²) in [6.07, 6.45) is 4.34. The Bertz CT molecular complexity index is 310. The Morgan fingerprint density at radius 3 is 3.00 bits per heavy atom. The van der Waals surface area contributed by atoms with Gasteiger partial charge in [-0.3, -0.25) is 0 Å². The molecule has 0 unspecified atom stereocenters. The molecule has 1 saturated carbocycles. The molecule has 0 aliphatic heterocycles. The van der Waals surface area contributed by atoms with Gasteiger partial charge in [-0.1, -0.05) is 11.6 Å². The third-order valence-electron chi connectivity index (χ3n) is 2.10. The lowest BCUT2D eigenvalue weighted by atomic mass is 10.3. The van der Waals surface area contributed by atoms with Crippen LogP contribution < -0.4 is 11.1 Å². The first-order valence-electron chi connectivity index (χ1n) is 4.39. The Labute approximate surface area is 82.3 Å². The molecule has 0 amide bonds. The summed E-state index contributed by atoms with van der Waals surface area (Å²) in [7, 11) is 0. The van der Waals surface area contributed by atoms with Gasteiger partial charge in [-0.15, -0.1) is 0 Å². The molecule has 1 aliphatic rings. The highest BCUT2D eigenvalue weighted by Crippen LogP contribution is 2.20. The maximum atomic E-state index is 5.83. The van der Waals surface area contributed by atoms with E-state index in [1.54, 1.807) is 6.20 Å². The molecule has 3 nitrogen and oxygen atoms in total. The number of halogens is 1. The topological polar surface area (TPSA) is 50.9 Å². The fraction of sp³-hybridized carbons (Fsp3) is 0.444. The van der Waals surface area contributed by atoms with E-state index in [1.807, 2.05) is 6.07 Å². The van der Waals surface area contributed by atoms with Crippen molar-refractivity contribution in [3.8, 4) is 0 Å². The van der Waals surface area contributed by atoms with Crippen molar-refractivity contribution in [1.29, 1.82) is 0 Å². The smallest absolute Gasteiger partial charge is 0.142 e. The summed E-state index contributed by atoms with van der Waals surface area (Å²) in [5.74, 6) is 0.400. The maximum absolute atomic E-state index is 5.83. The highest BCUT2D eigenvalue weighted by Gasteiger charge is 2.19. The van der Waals surface area contributed by atoms with Crippen molar-refractivity contribution >= 4 is 17.4 Å². The minimum absolute atomic E-state index is 0.400. The summed E-state index contributed by atoms with van der Waals surface area (Å²) in [5, 5.41) is 3.92. The number of anilines is 1. The van der Waals surface area contributed by atoms with Crippen LogP contribution in [0.5, 0.6) is 0 Å². The van der Waals surface area contributed by atoms with Gasteiger partial charge < -0.3 is 11.1 Å². The standard InChI is InChI=1S/C9H12ClN3/c10-8-3-6(5-13-9(8)11)4-12-7-1-2-7/h3,5,7,12H,1-2,4H2,(H2,11,13). The van der Waals surface area contributed by atoms with Crippen molar-refractivity contribution < 1.29 is 0 Å². The summed E-state index contributed by atoms with van der Waals surface area (Å²) < 4.78 is 0. The van der Waals surface area contributed by atoms with E-state index in [2.05, 4.69) is 10.3 Å². The van der Waals surface area contributed by atoms with Crippen LogP contribution in [0.1, 0.15) is 18.4 Å². The van der Waals surface area contributed by atoms with E-state index in [0.29, 0.717) is 16.9 Å². The van der Waals surface area contributed by atoms with E-state index in [0.717, 1.165) is 12.1 Å². The lowest BCUT2D eigenvalue weighted by molar-refractivity contribution is 0.686. The van der Waals surface area contributed by atoms with Gasteiger partial charge in [-0.2, -0.15) is 0 Å². The van der Waals surface area contributed by atoms with Crippen LogP contribution in [0.2, 0.25) is 5.02 Å². The Hall–Kier alpha value is -0.800. The Morgan fingerprint density at radius 2 is 2.38 bits per heavy atom.